The highest BCUT2D eigenvalue weighted by Gasteiger charge is 2.48. The second kappa shape index (κ2) is 7.11. The van der Waals surface area contributed by atoms with Crippen molar-refractivity contribution in [3.63, 3.8) is 0 Å². The Morgan fingerprint density at radius 1 is 1.31 bits per heavy atom. The molecule has 0 radical (unpaired) electrons. The summed E-state index contributed by atoms with van der Waals surface area (Å²) >= 11 is 0. The number of ether oxygens (including phenoxy) is 1. The number of fused-ring (bicyclic) bond motifs is 1. The zero-order valence-corrected chi connectivity index (χ0v) is 15.0. The molecule has 0 spiro atoms. The molecule has 26 heavy (non-hydrogen) atoms. The van der Waals surface area contributed by atoms with Gasteiger partial charge in [0.25, 0.3) is 0 Å². The number of carboxylic acid groups (broad SMARTS) is 1. The lowest BCUT2D eigenvalue weighted by Crippen LogP contribution is -2.46. The third kappa shape index (κ3) is 3.83. The van der Waals surface area contributed by atoms with Crippen molar-refractivity contribution in [2.45, 2.75) is 31.6 Å². The average Bonchev–Trinajstić information content (AvgIpc) is 3.08. The number of hydrogen-bond donors (Lipinski definition) is 1. The number of benzene rings is 1. The highest BCUT2D eigenvalue weighted by atomic mass is 32.2. The summed E-state index contributed by atoms with van der Waals surface area (Å²) in [5.74, 6) is -6.57. The minimum Gasteiger partial charge on any atom is -0.493 e. The van der Waals surface area contributed by atoms with E-state index in [4.69, 9.17) is 9.84 Å². The number of nitrogens with zero attached hydrogens (tertiary/aromatic N) is 1. The number of hydrogen-bond acceptors (Lipinski definition) is 4. The van der Waals surface area contributed by atoms with E-state index in [9.17, 15) is 22.0 Å². The van der Waals surface area contributed by atoms with Gasteiger partial charge in [-0.2, -0.15) is 8.78 Å². The van der Waals surface area contributed by atoms with E-state index in [1.807, 2.05) is 18.2 Å². The van der Waals surface area contributed by atoms with Crippen LogP contribution in [0.2, 0.25) is 0 Å². The van der Waals surface area contributed by atoms with E-state index in [0.717, 1.165) is 23.3 Å². The molecule has 0 saturated carbocycles. The van der Waals surface area contributed by atoms with E-state index in [2.05, 4.69) is 0 Å². The molecule has 9 heteroatoms. The number of alkyl halides is 2. The maximum atomic E-state index is 13.6. The van der Waals surface area contributed by atoms with Gasteiger partial charge in [0.15, 0.2) is 0 Å². The highest BCUT2D eigenvalue weighted by Crippen LogP contribution is 2.34. The third-order valence-electron chi connectivity index (χ3n) is 5.05. The van der Waals surface area contributed by atoms with Gasteiger partial charge in [-0.15, -0.1) is 0 Å². The van der Waals surface area contributed by atoms with Gasteiger partial charge in [0.05, 0.1) is 12.4 Å². The maximum Gasteiger partial charge on any atom is 0.374 e. The van der Waals surface area contributed by atoms with Crippen molar-refractivity contribution in [1.29, 1.82) is 0 Å². The van der Waals surface area contributed by atoms with Crippen LogP contribution in [0.1, 0.15) is 24.0 Å². The summed E-state index contributed by atoms with van der Waals surface area (Å²) < 4.78 is 58.7. The van der Waals surface area contributed by atoms with Crippen LogP contribution in [-0.2, 0) is 27.7 Å². The summed E-state index contributed by atoms with van der Waals surface area (Å²) in [5, 5.41) is 8.61. The fourth-order valence-electron chi connectivity index (χ4n) is 3.44. The predicted octanol–water partition coefficient (Wildman–Crippen LogP) is 1.93. The van der Waals surface area contributed by atoms with Crippen LogP contribution in [0.3, 0.4) is 0 Å². The van der Waals surface area contributed by atoms with Crippen LogP contribution < -0.4 is 4.74 Å². The van der Waals surface area contributed by atoms with Crippen molar-refractivity contribution in [1.82, 2.24) is 4.31 Å². The average molecular weight is 389 g/mol. The van der Waals surface area contributed by atoms with Crippen LogP contribution in [0, 0.1) is 5.92 Å². The fraction of sp³-hybridized carbons (Fsp3) is 0.588. The topological polar surface area (TPSA) is 83.9 Å². The SMILES string of the molecule is O=C(O)C(F)(F)C1CCN(S(=O)(=O)CCc2ccc3c(c2)CCO3)CC1. The molecule has 0 aliphatic carbocycles. The van der Waals surface area contributed by atoms with Crippen LogP contribution in [0.25, 0.3) is 0 Å². The number of piperidine rings is 1. The van der Waals surface area contributed by atoms with E-state index in [1.165, 1.54) is 4.31 Å². The van der Waals surface area contributed by atoms with Gasteiger partial charge in [0.1, 0.15) is 5.75 Å². The molecular weight excluding hydrogens is 368 g/mol. The highest BCUT2D eigenvalue weighted by molar-refractivity contribution is 7.89. The van der Waals surface area contributed by atoms with E-state index in [-0.39, 0.29) is 31.7 Å². The van der Waals surface area contributed by atoms with Crippen molar-refractivity contribution in [3.8, 4) is 5.75 Å². The van der Waals surface area contributed by atoms with Crippen LogP contribution in [0.4, 0.5) is 8.78 Å². The molecule has 2 heterocycles. The Bertz CT molecular complexity index is 788. The Morgan fingerprint density at radius 3 is 2.65 bits per heavy atom. The van der Waals surface area contributed by atoms with Crippen LogP contribution >= 0.6 is 0 Å². The van der Waals surface area contributed by atoms with Gasteiger partial charge < -0.3 is 9.84 Å². The summed E-state index contributed by atoms with van der Waals surface area (Å²) in [7, 11) is -3.58. The number of carbonyl (C=O) groups is 1. The molecule has 2 aliphatic heterocycles. The first-order valence-electron chi connectivity index (χ1n) is 8.54. The minimum absolute atomic E-state index is 0.0755. The van der Waals surface area contributed by atoms with Gasteiger partial charge >= 0.3 is 11.9 Å². The van der Waals surface area contributed by atoms with Crippen LogP contribution in [0.5, 0.6) is 5.75 Å². The van der Waals surface area contributed by atoms with Gasteiger partial charge in [0, 0.05) is 25.4 Å². The van der Waals surface area contributed by atoms with Gasteiger partial charge in [0.2, 0.25) is 10.0 Å². The summed E-state index contributed by atoms with van der Waals surface area (Å²) in [6.07, 6.45) is 0.825. The first-order chi connectivity index (χ1) is 12.2. The molecule has 0 amide bonds. The largest absolute Gasteiger partial charge is 0.493 e. The Kier molecular flexibility index (Phi) is 5.21. The Hall–Kier alpha value is -1.74. The fourth-order valence-corrected chi connectivity index (χ4v) is 4.96. The molecule has 0 aromatic heterocycles. The Balaban J connectivity index is 1.57. The molecule has 1 aromatic rings. The first kappa shape index (κ1) is 19.0. The van der Waals surface area contributed by atoms with Gasteiger partial charge in [-0.3, -0.25) is 0 Å². The normalized spacial score (nSPS) is 19.2. The number of aliphatic carboxylic acids is 1. The lowest BCUT2D eigenvalue weighted by atomic mass is 9.91. The molecule has 3 rings (SSSR count). The summed E-state index contributed by atoms with van der Waals surface area (Å²) in [6.45, 7) is 0.481. The van der Waals surface area contributed by atoms with Gasteiger partial charge in [-0.25, -0.2) is 17.5 Å². The molecular formula is C17H21F2NO5S. The lowest BCUT2D eigenvalue weighted by molar-refractivity contribution is -0.175. The first-order valence-corrected chi connectivity index (χ1v) is 10.1. The second-order valence-electron chi connectivity index (χ2n) is 6.71. The van der Waals surface area contributed by atoms with Crippen molar-refractivity contribution in [2.75, 3.05) is 25.4 Å². The van der Waals surface area contributed by atoms with E-state index in [1.54, 1.807) is 0 Å². The molecule has 2 aliphatic rings. The zero-order valence-electron chi connectivity index (χ0n) is 14.2. The molecule has 6 nitrogen and oxygen atoms in total. The third-order valence-corrected chi connectivity index (χ3v) is 6.92. The Labute approximate surface area is 150 Å². The van der Waals surface area contributed by atoms with E-state index < -0.39 is 27.8 Å². The second-order valence-corrected chi connectivity index (χ2v) is 8.80. The standard InChI is InChI=1S/C17H21F2NO5S/c18-17(19,16(21)22)14-3-7-20(8-4-14)26(23,24)10-6-12-1-2-15-13(11-12)5-9-25-15/h1-2,11,14H,3-10H2,(H,21,22). The van der Waals surface area contributed by atoms with Crippen LogP contribution in [-0.4, -0.2) is 55.2 Å². The molecule has 144 valence electrons. The maximum absolute atomic E-state index is 13.6. The van der Waals surface area contributed by atoms with Gasteiger partial charge in [-0.05, 0) is 36.5 Å². The number of aryl methyl sites for hydroxylation is 1. The Morgan fingerprint density at radius 2 is 2.00 bits per heavy atom. The van der Waals surface area contributed by atoms with Crippen molar-refractivity contribution in [3.05, 3.63) is 29.3 Å². The zero-order chi connectivity index (χ0) is 18.9. The van der Waals surface area contributed by atoms with E-state index >= 15 is 0 Å². The molecule has 1 saturated heterocycles. The summed E-state index contributed by atoms with van der Waals surface area (Å²) in [4.78, 5) is 10.6. The molecule has 0 atom stereocenters. The van der Waals surface area contributed by atoms with Crippen LogP contribution in [0.15, 0.2) is 18.2 Å². The minimum atomic E-state index is -3.82. The predicted molar refractivity (Wildman–Crippen MR) is 90.0 cm³/mol. The summed E-state index contributed by atoms with van der Waals surface area (Å²) in [6, 6.07) is 5.61. The smallest absolute Gasteiger partial charge is 0.374 e. The quantitative estimate of drug-likeness (QED) is 0.804. The molecule has 0 bridgehead atoms. The van der Waals surface area contributed by atoms with Crippen molar-refractivity contribution < 1.29 is 31.8 Å². The number of rotatable bonds is 6. The monoisotopic (exact) mass is 389 g/mol. The van der Waals surface area contributed by atoms with E-state index in [0.29, 0.717) is 13.0 Å². The summed E-state index contributed by atoms with van der Waals surface area (Å²) in [5.41, 5.74) is 1.96. The number of halogens is 2. The van der Waals surface area contributed by atoms with Crippen molar-refractivity contribution >= 4 is 16.0 Å². The van der Waals surface area contributed by atoms with Crippen molar-refractivity contribution in [2.24, 2.45) is 5.92 Å². The van der Waals surface area contributed by atoms with Gasteiger partial charge in [-0.1, -0.05) is 12.1 Å². The molecule has 1 aromatic carbocycles. The molecule has 1 fully saturated rings. The number of carboxylic acids is 1. The lowest BCUT2D eigenvalue weighted by Gasteiger charge is -2.33. The molecule has 1 N–H and O–H groups in total. The number of sulfonamides is 1. The molecule has 0 unspecified atom stereocenters.